The summed E-state index contributed by atoms with van der Waals surface area (Å²) in [4.78, 5) is 27.4. The van der Waals surface area contributed by atoms with E-state index in [9.17, 15) is 9.59 Å². The van der Waals surface area contributed by atoms with Gasteiger partial charge in [0.1, 0.15) is 17.1 Å². The molecule has 1 aliphatic heterocycles. The van der Waals surface area contributed by atoms with Gasteiger partial charge in [0.25, 0.3) is 11.8 Å². The standard InChI is InChI=1S/C24H26N2O6S/c1-6-14(2)32-21-15(8-7-9-19(21)30-4)12-17-22(27)25-24(33)26(23(17)28)18-11-10-16(29-3)13-20(18)31-5/h7-14H,6H2,1-5H3,(H,25,27,33)/b17-12+/t14-/m1/s1. The van der Waals surface area contributed by atoms with E-state index in [1.165, 1.54) is 32.3 Å². The van der Waals surface area contributed by atoms with Gasteiger partial charge in [-0.1, -0.05) is 19.1 Å². The quantitative estimate of drug-likeness (QED) is 0.357. The second kappa shape index (κ2) is 10.4. The number of amides is 2. The molecule has 2 aromatic carbocycles. The van der Waals surface area contributed by atoms with Gasteiger partial charge in [-0.05, 0) is 49.8 Å². The minimum absolute atomic E-state index is 0.0488. The molecule has 9 heteroatoms. The van der Waals surface area contributed by atoms with Gasteiger partial charge in [-0.25, -0.2) is 4.90 Å². The molecule has 33 heavy (non-hydrogen) atoms. The Morgan fingerprint density at radius 1 is 1.06 bits per heavy atom. The number of methoxy groups -OCH3 is 3. The number of benzene rings is 2. The Morgan fingerprint density at radius 2 is 1.79 bits per heavy atom. The van der Waals surface area contributed by atoms with E-state index < -0.39 is 11.8 Å². The van der Waals surface area contributed by atoms with Crippen LogP contribution in [0.15, 0.2) is 42.0 Å². The highest BCUT2D eigenvalue weighted by Crippen LogP contribution is 2.36. The molecule has 1 atom stereocenters. The lowest BCUT2D eigenvalue weighted by molar-refractivity contribution is -0.122. The third-order valence-electron chi connectivity index (χ3n) is 5.15. The average molecular weight is 471 g/mol. The number of rotatable bonds is 8. The van der Waals surface area contributed by atoms with Gasteiger partial charge >= 0.3 is 0 Å². The maximum absolute atomic E-state index is 13.5. The van der Waals surface area contributed by atoms with Crippen LogP contribution in [0.2, 0.25) is 0 Å². The maximum atomic E-state index is 13.5. The molecule has 174 valence electrons. The molecule has 1 N–H and O–H groups in total. The predicted octanol–water partition coefficient (Wildman–Crippen LogP) is 3.72. The number of anilines is 1. The van der Waals surface area contributed by atoms with E-state index in [2.05, 4.69) is 5.32 Å². The van der Waals surface area contributed by atoms with Crippen molar-refractivity contribution in [2.24, 2.45) is 0 Å². The number of nitrogens with zero attached hydrogens (tertiary/aromatic N) is 1. The summed E-state index contributed by atoms with van der Waals surface area (Å²) in [7, 11) is 4.53. The van der Waals surface area contributed by atoms with Crippen molar-refractivity contribution in [3.05, 3.63) is 47.5 Å². The molecule has 8 nitrogen and oxygen atoms in total. The van der Waals surface area contributed by atoms with E-state index in [0.29, 0.717) is 34.2 Å². The molecule has 2 aromatic rings. The van der Waals surface area contributed by atoms with E-state index in [0.717, 1.165) is 6.42 Å². The van der Waals surface area contributed by atoms with E-state index >= 15 is 0 Å². The van der Waals surface area contributed by atoms with Crippen LogP contribution in [0, 0.1) is 0 Å². The van der Waals surface area contributed by atoms with Crippen molar-refractivity contribution in [1.29, 1.82) is 0 Å². The zero-order valence-corrected chi connectivity index (χ0v) is 19.9. The molecular weight excluding hydrogens is 444 g/mol. The molecule has 0 aliphatic carbocycles. The first-order valence-corrected chi connectivity index (χ1v) is 10.7. The molecule has 2 amide bonds. The van der Waals surface area contributed by atoms with Crippen molar-refractivity contribution in [2.45, 2.75) is 26.4 Å². The lowest BCUT2D eigenvalue weighted by atomic mass is 10.1. The van der Waals surface area contributed by atoms with Gasteiger partial charge in [0, 0.05) is 11.6 Å². The predicted molar refractivity (Wildman–Crippen MR) is 129 cm³/mol. The Labute approximate surface area is 198 Å². The summed E-state index contributed by atoms with van der Waals surface area (Å²) in [6.45, 7) is 3.93. The molecule has 1 aliphatic rings. The minimum Gasteiger partial charge on any atom is -0.497 e. The second-order valence-electron chi connectivity index (χ2n) is 7.21. The number of nitrogens with one attached hydrogen (secondary N) is 1. The largest absolute Gasteiger partial charge is 0.497 e. The monoisotopic (exact) mass is 470 g/mol. The Morgan fingerprint density at radius 3 is 2.42 bits per heavy atom. The summed E-state index contributed by atoms with van der Waals surface area (Å²) in [6.07, 6.45) is 2.15. The smallest absolute Gasteiger partial charge is 0.270 e. The van der Waals surface area contributed by atoms with E-state index in [1.54, 1.807) is 36.4 Å². The summed E-state index contributed by atoms with van der Waals surface area (Å²) >= 11 is 5.30. The van der Waals surface area contributed by atoms with Crippen LogP contribution in [0.25, 0.3) is 6.08 Å². The van der Waals surface area contributed by atoms with Crippen molar-refractivity contribution >= 4 is 40.9 Å². The number of hydrogen-bond donors (Lipinski definition) is 1. The van der Waals surface area contributed by atoms with Gasteiger partial charge in [-0.2, -0.15) is 0 Å². The van der Waals surface area contributed by atoms with Gasteiger partial charge < -0.3 is 18.9 Å². The average Bonchev–Trinajstić information content (AvgIpc) is 2.82. The number of carbonyl (C=O) groups is 2. The molecule has 1 heterocycles. The van der Waals surface area contributed by atoms with E-state index in [4.69, 9.17) is 31.2 Å². The molecule has 0 radical (unpaired) electrons. The molecule has 0 aromatic heterocycles. The third kappa shape index (κ3) is 4.93. The normalized spacial score (nSPS) is 15.8. The Bertz CT molecular complexity index is 1110. The molecule has 1 fully saturated rings. The lowest BCUT2D eigenvalue weighted by Crippen LogP contribution is -2.54. The second-order valence-corrected chi connectivity index (χ2v) is 7.60. The van der Waals surface area contributed by atoms with Crippen LogP contribution in [0.1, 0.15) is 25.8 Å². The number of ether oxygens (including phenoxy) is 4. The first-order chi connectivity index (χ1) is 15.8. The SMILES string of the molecule is CC[C@@H](C)Oc1c(/C=C2\C(=O)NC(=S)N(c3ccc(OC)cc3OC)C2=O)cccc1OC. The third-order valence-corrected chi connectivity index (χ3v) is 5.44. The van der Waals surface area contributed by atoms with Crippen molar-refractivity contribution in [3.8, 4) is 23.0 Å². The molecule has 1 saturated heterocycles. The summed E-state index contributed by atoms with van der Waals surface area (Å²) in [6, 6.07) is 10.2. The first-order valence-electron chi connectivity index (χ1n) is 10.3. The summed E-state index contributed by atoms with van der Waals surface area (Å²) < 4.78 is 22.1. The summed E-state index contributed by atoms with van der Waals surface area (Å²) in [5, 5.41) is 2.53. The van der Waals surface area contributed by atoms with Crippen LogP contribution in [-0.4, -0.2) is 44.4 Å². The fourth-order valence-electron chi connectivity index (χ4n) is 3.22. The Balaban J connectivity index is 2.09. The number of para-hydroxylation sites is 1. The number of thiocarbonyl (C=S) groups is 1. The maximum Gasteiger partial charge on any atom is 0.270 e. The van der Waals surface area contributed by atoms with Crippen LogP contribution >= 0.6 is 12.2 Å². The van der Waals surface area contributed by atoms with Crippen molar-refractivity contribution in [1.82, 2.24) is 5.32 Å². The number of hydrogen-bond acceptors (Lipinski definition) is 7. The van der Waals surface area contributed by atoms with Gasteiger partial charge in [0.15, 0.2) is 16.6 Å². The highest BCUT2D eigenvalue weighted by Gasteiger charge is 2.36. The molecule has 0 unspecified atom stereocenters. The molecule has 0 bridgehead atoms. The van der Waals surface area contributed by atoms with Crippen molar-refractivity contribution < 1.29 is 28.5 Å². The van der Waals surface area contributed by atoms with Gasteiger partial charge in [-0.3, -0.25) is 14.9 Å². The van der Waals surface area contributed by atoms with Gasteiger partial charge in [0.2, 0.25) is 0 Å². The van der Waals surface area contributed by atoms with Crippen LogP contribution in [0.4, 0.5) is 5.69 Å². The summed E-state index contributed by atoms with van der Waals surface area (Å²) in [5.74, 6) is 0.661. The zero-order valence-electron chi connectivity index (χ0n) is 19.1. The van der Waals surface area contributed by atoms with Crippen LogP contribution < -0.4 is 29.2 Å². The topological polar surface area (TPSA) is 86.3 Å². The van der Waals surface area contributed by atoms with E-state index in [1.807, 2.05) is 13.8 Å². The van der Waals surface area contributed by atoms with Crippen molar-refractivity contribution in [2.75, 3.05) is 26.2 Å². The minimum atomic E-state index is -0.606. The molecule has 0 spiro atoms. The Kier molecular flexibility index (Phi) is 7.55. The number of carbonyl (C=O) groups excluding carboxylic acids is 2. The highest BCUT2D eigenvalue weighted by molar-refractivity contribution is 7.80. The van der Waals surface area contributed by atoms with Crippen LogP contribution in [-0.2, 0) is 9.59 Å². The van der Waals surface area contributed by atoms with Crippen molar-refractivity contribution in [3.63, 3.8) is 0 Å². The van der Waals surface area contributed by atoms with Crippen LogP contribution in [0.5, 0.6) is 23.0 Å². The van der Waals surface area contributed by atoms with E-state index in [-0.39, 0.29) is 16.8 Å². The van der Waals surface area contributed by atoms with Gasteiger partial charge in [-0.15, -0.1) is 0 Å². The van der Waals surface area contributed by atoms with Crippen LogP contribution in [0.3, 0.4) is 0 Å². The van der Waals surface area contributed by atoms with Gasteiger partial charge in [0.05, 0.1) is 33.1 Å². The highest BCUT2D eigenvalue weighted by atomic mass is 32.1. The molecular formula is C24H26N2O6S. The Hall–Kier alpha value is -3.59. The first kappa shape index (κ1) is 24.1. The zero-order chi connectivity index (χ0) is 24.1. The lowest BCUT2D eigenvalue weighted by Gasteiger charge is -2.30. The fraction of sp³-hybridized carbons (Fsp3) is 0.292. The molecule has 0 saturated carbocycles. The summed E-state index contributed by atoms with van der Waals surface area (Å²) in [5.41, 5.74) is 0.798. The molecule has 3 rings (SSSR count). The fourth-order valence-corrected chi connectivity index (χ4v) is 3.49.